The van der Waals surface area contributed by atoms with Gasteiger partial charge in [-0.05, 0) is 18.8 Å². The van der Waals surface area contributed by atoms with E-state index in [-0.39, 0.29) is 81.3 Å². The van der Waals surface area contributed by atoms with Gasteiger partial charge in [-0.1, -0.05) is 20.8 Å². The van der Waals surface area contributed by atoms with Gasteiger partial charge in [0.2, 0.25) is 23.6 Å². The van der Waals surface area contributed by atoms with Crippen molar-refractivity contribution in [1.82, 2.24) is 16.0 Å². The third-order valence-corrected chi connectivity index (χ3v) is 4.76. The first-order valence-corrected chi connectivity index (χ1v) is 11.3. The summed E-state index contributed by atoms with van der Waals surface area (Å²) in [4.78, 5) is 81.6. The third kappa shape index (κ3) is 14.7. The minimum Gasteiger partial charge on any atom is -0.480 e. The van der Waals surface area contributed by atoms with E-state index in [2.05, 4.69) is 16.0 Å². The van der Waals surface area contributed by atoms with Gasteiger partial charge >= 0.3 is 5.97 Å². The number of amides is 4. The standard InChI is InChI=1S/C22H36N4O8/c1-4-18(29)26-17(22(33)34)9-5-14(27)7-10-19(30)24-12-15(28)6-8-16(21(23)32)25-20(31)11-13(2)3/h13,16-17H,4-12H2,1-3H3,(H2,23,32)(H,24,30)(H,25,31)(H,26,29)(H,33,34). The van der Waals surface area contributed by atoms with Crippen LogP contribution in [0.1, 0.15) is 72.1 Å². The molecule has 12 nitrogen and oxygen atoms in total. The van der Waals surface area contributed by atoms with Crippen molar-refractivity contribution < 1.29 is 38.7 Å². The minimum atomic E-state index is -1.25. The number of nitrogens with two attached hydrogens (primary N) is 1. The van der Waals surface area contributed by atoms with Gasteiger partial charge in [0.1, 0.15) is 17.9 Å². The molecule has 2 unspecified atom stereocenters. The number of carboxylic acids is 1. The highest BCUT2D eigenvalue weighted by molar-refractivity contribution is 5.90. The summed E-state index contributed by atoms with van der Waals surface area (Å²) in [5, 5.41) is 16.3. The van der Waals surface area contributed by atoms with E-state index in [0.717, 1.165) is 0 Å². The summed E-state index contributed by atoms with van der Waals surface area (Å²) in [7, 11) is 0. The molecular weight excluding hydrogens is 448 g/mol. The van der Waals surface area contributed by atoms with Crippen LogP contribution < -0.4 is 21.7 Å². The molecule has 0 aliphatic carbocycles. The molecule has 0 radical (unpaired) electrons. The molecule has 0 saturated carbocycles. The summed E-state index contributed by atoms with van der Waals surface area (Å²) in [6.07, 6.45) is -0.275. The fourth-order valence-electron chi connectivity index (χ4n) is 2.83. The van der Waals surface area contributed by atoms with Gasteiger partial charge in [-0.2, -0.15) is 0 Å². The molecular formula is C22H36N4O8. The van der Waals surface area contributed by atoms with Gasteiger partial charge in [-0.15, -0.1) is 0 Å². The van der Waals surface area contributed by atoms with Crippen molar-refractivity contribution in [3.05, 3.63) is 0 Å². The van der Waals surface area contributed by atoms with E-state index in [4.69, 9.17) is 10.8 Å². The number of carbonyl (C=O) groups excluding carboxylic acids is 6. The molecule has 0 spiro atoms. The number of nitrogens with one attached hydrogen (secondary N) is 3. The first-order chi connectivity index (χ1) is 15.8. The zero-order chi connectivity index (χ0) is 26.3. The van der Waals surface area contributed by atoms with Crippen LogP contribution in [0, 0.1) is 5.92 Å². The number of primary amides is 1. The Morgan fingerprint density at radius 1 is 0.765 bits per heavy atom. The molecule has 0 aromatic heterocycles. The molecule has 0 aliphatic heterocycles. The number of hydrogen-bond donors (Lipinski definition) is 5. The zero-order valence-electron chi connectivity index (χ0n) is 20.0. The second-order valence-corrected chi connectivity index (χ2v) is 8.36. The summed E-state index contributed by atoms with van der Waals surface area (Å²) in [5.41, 5.74) is 5.26. The number of hydrogen-bond acceptors (Lipinski definition) is 7. The van der Waals surface area contributed by atoms with Gasteiger partial charge in [-0.25, -0.2) is 4.79 Å². The topological polar surface area (TPSA) is 202 Å². The van der Waals surface area contributed by atoms with Crippen LogP contribution in [0.4, 0.5) is 0 Å². The van der Waals surface area contributed by atoms with Gasteiger partial charge < -0.3 is 26.8 Å². The summed E-state index contributed by atoms with van der Waals surface area (Å²) >= 11 is 0. The molecule has 0 rings (SSSR count). The summed E-state index contributed by atoms with van der Waals surface area (Å²) in [6.45, 7) is 4.96. The second kappa shape index (κ2) is 16.3. The van der Waals surface area contributed by atoms with Crippen LogP contribution in [0.15, 0.2) is 0 Å². The SMILES string of the molecule is CCC(=O)NC(CCC(=O)CCC(=O)NCC(=O)CCC(NC(=O)CC(C)C)C(N)=O)C(=O)O. The van der Waals surface area contributed by atoms with Crippen LogP contribution in [0.5, 0.6) is 0 Å². The lowest BCUT2D eigenvalue weighted by molar-refractivity contribution is -0.142. The summed E-state index contributed by atoms with van der Waals surface area (Å²) in [5.74, 6) is -3.95. The monoisotopic (exact) mass is 484 g/mol. The first kappa shape index (κ1) is 30.7. The minimum absolute atomic E-state index is 0.00563. The van der Waals surface area contributed by atoms with E-state index in [1.54, 1.807) is 6.92 Å². The molecule has 6 N–H and O–H groups in total. The average molecular weight is 485 g/mol. The van der Waals surface area contributed by atoms with Crippen molar-refractivity contribution in [2.45, 2.75) is 84.2 Å². The number of ketones is 2. The number of Topliss-reactive ketones (excluding diaryl/α,β-unsaturated/α-hetero) is 2. The van der Waals surface area contributed by atoms with Gasteiger partial charge in [-0.3, -0.25) is 28.8 Å². The number of rotatable bonds is 18. The maximum absolute atomic E-state index is 12.0. The number of aliphatic carboxylic acids is 1. The van der Waals surface area contributed by atoms with Crippen molar-refractivity contribution >= 4 is 41.2 Å². The summed E-state index contributed by atoms with van der Waals surface area (Å²) < 4.78 is 0. The van der Waals surface area contributed by atoms with Crippen LogP contribution in [0.2, 0.25) is 0 Å². The van der Waals surface area contributed by atoms with E-state index in [1.807, 2.05) is 13.8 Å². The van der Waals surface area contributed by atoms with Gasteiger partial charge in [0.05, 0.1) is 6.54 Å². The Labute approximate surface area is 198 Å². The lowest BCUT2D eigenvalue weighted by Gasteiger charge is -2.16. The molecule has 2 atom stereocenters. The zero-order valence-corrected chi connectivity index (χ0v) is 20.0. The van der Waals surface area contributed by atoms with Crippen molar-refractivity contribution in [3.8, 4) is 0 Å². The molecule has 0 fully saturated rings. The predicted molar refractivity (Wildman–Crippen MR) is 121 cm³/mol. The highest BCUT2D eigenvalue weighted by Crippen LogP contribution is 2.05. The molecule has 0 saturated heterocycles. The van der Waals surface area contributed by atoms with Crippen LogP contribution in [-0.4, -0.2) is 64.9 Å². The van der Waals surface area contributed by atoms with E-state index in [1.165, 1.54) is 0 Å². The molecule has 0 aromatic rings. The molecule has 0 aromatic carbocycles. The molecule has 34 heavy (non-hydrogen) atoms. The Morgan fingerprint density at radius 3 is 1.85 bits per heavy atom. The van der Waals surface area contributed by atoms with Crippen molar-refractivity contribution in [1.29, 1.82) is 0 Å². The Morgan fingerprint density at radius 2 is 1.32 bits per heavy atom. The van der Waals surface area contributed by atoms with E-state index in [9.17, 15) is 33.6 Å². The maximum atomic E-state index is 12.0. The number of carboxylic acid groups (broad SMARTS) is 1. The average Bonchev–Trinajstić information content (AvgIpc) is 2.75. The Bertz CT molecular complexity index is 766. The number of carbonyl (C=O) groups is 7. The second-order valence-electron chi connectivity index (χ2n) is 8.36. The fourth-order valence-corrected chi connectivity index (χ4v) is 2.83. The highest BCUT2D eigenvalue weighted by Gasteiger charge is 2.21. The molecule has 0 aliphatic rings. The predicted octanol–water partition coefficient (Wildman–Crippen LogP) is -0.423. The van der Waals surface area contributed by atoms with Crippen LogP contribution in [-0.2, 0) is 33.6 Å². The molecule has 12 heteroatoms. The lowest BCUT2D eigenvalue weighted by Crippen LogP contribution is -2.45. The van der Waals surface area contributed by atoms with Crippen LogP contribution >= 0.6 is 0 Å². The van der Waals surface area contributed by atoms with Crippen LogP contribution in [0.3, 0.4) is 0 Å². The Balaban J connectivity index is 4.29. The Kier molecular flexibility index (Phi) is 14.7. The quantitative estimate of drug-likeness (QED) is 0.172. The van der Waals surface area contributed by atoms with E-state index in [0.29, 0.717) is 0 Å². The molecule has 4 amide bonds. The van der Waals surface area contributed by atoms with Crippen molar-refractivity contribution in [2.75, 3.05) is 6.54 Å². The Hall–Kier alpha value is -3.31. The van der Waals surface area contributed by atoms with Gasteiger partial charge in [0, 0.05) is 38.5 Å². The third-order valence-electron chi connectivity index (χ3n) is 4.76. The molecule has 192 valence electrons. The fraction of sp³-hybridized carbons (Fsp3) is 0.682. The smallest absolute Gasteiger partial charge is 0.326 e. The van der Waals surface area contributed by atoms with E-state index < -0.39 is 35.8 Å². The van der Waals surface area contributed by atoms with E-state index >= 15 is 0 Å². The normalized spacial score (nSPS) is 12.4. The summed E-state index contributed by atoms with van der Waals surface area (Å²) in [6, 6.07) is -2.16. The molecule has 0 bridgehead atoms. The van der Waals surface area contributed by atoms with Crippen LogP contribution in [0.25, 0.3) is 0 Å². The lowest BCUT2D eigenvalue weighted by atomic mass is 10.1. The van der Waals surface area contributed by atoms with Gasteiger partial charge in [0.25, 0.3) is 0 Å². The largest absolute Gasteiger partial charge is 0.480 e. The van der Waals surface area contributed by atoms with Crippen molar-refractivity contribution in [2.24, 2.45) is 11.7 Å². The molecule has 0 heterocycles. The van der Waals surface area contributed by atoms with Gasteiger partial charge in [0.15, 0.2) is 5.78 Å². The first-order valence-electron chi connectivity index (χ1n) is 11.3. The maximum Gasteiger partial charge on any atom is 0.326 e. The highest BCUT2D eigenvalue weighted by atomic mass is 16.4. The van der Waals surface area contributed by atoms with Crippen molar-refractivity contribution in [3.63, 3.8) is 0 Å².